The minimum Gasteiger partial charge on any atom is -0.331 e. The lowest BCUT2D eigenvalue weighted by atomic mass is 10.1. The summed E-state index contributed by atoms with van der Waals surface area (Å²) in [7, 11) is 0. The van der Waals surface area contributed by atoms with Crippen molar-refractivity contribution in [3.63, 3.8) is 0 Å². The molecule has 2 aromatic rings. The third kappa shape index (κ3) is 4.40. The Morgan fingerprint density at radius 2 is 1.91 bits per heavy atom. The number of hydrogen-bond acceptors (Lipinski definition) is 2. The van der Waals surface area contributed by atoms with Gasteiger partial charge in [-0.05, 0) is 61.5 Å². The second-order valence-electron chi connectivity index (χ2n) is 4.90. The Kier molecular flexibility index (Phi) is 5.52. The van der Waals surface area contributed by atoms with Crippen LogP contribution in [-0.4, -0.2) is 11.0 Å². The van der Waals surface area contributed by atoms with Crippen molar-refractivity contribution in [2.75, 3.05) is 5.32 Å². The molecule has 0 aliphatic carbocycles. The molecule has 0 bridgehead atoms. The van der Waals surface area contributed by atoms with Gasteiger partial charge in [0.1, 0.15) is 5.82 Å². The zero-order valence-electron chi connectivity index (χ0n) is 12.5. The van der Waals surface area contributed by atoms with Gasteiger partial charge in [-0.25, -0.2) is 4.39 Å². The van der Waals surface area contributed by atoms with E-state index in [1.807, 2.05) is 32.0 Å². The first-order valence-electron chi connectivity index (χ1n) is 6.77. The van der Waals surface area contributed by atoms with Gasteiger partial charge in [0.2, 0.25) is 0 Å². The maximum Gasteiger partial charge on any atom is 0.271 e. The first kappa shape index (κ1) is 17.2. The predicted octanol–water partition coefficient (Wildman–Crippen LogP) is 3.73. The molecule has 7 heteroatoms. The van der Waals surface area contributed by atoms with Gasteiger partial charge in [0.05, 0.1) is 10.6 Å². The summed E-state index contributed by atoms with van der Waals surface area (Å²) < 4.78 is 13.0. The quantitative estimate of drug-likeness (QED) is 0.570. The molecule has 0 spiro atoms. The second kappa shape index (κ2) is 7.39. The molecule has 1 amide bonds. The smallest absolute Gasteiger partial charge is 0.271 e. The summed E-state index contributed by atoms with van der Waals surface area (Å²) >= 11 is 11.0. The summed E-state index contributed by atoms with van der Waals surface area (Å²) in [6.45, 7) is 3.96. The van der Waals surface area contributed by atoms with Crippen molar-refractivity contribution in [2.24, 2.45) is 0 Å². The van der Waals surface area contributed by atoms with Crippen LogP contribution in [0.3, 0.4) is 0 Å². The number of halogens is 2. The SMILES string of the molecule is Cc1cccc(NC(=S)NNC(=O)c2ccc(F)cc2Cl)c1C. The van der Waals surface area contributed by atoms with E-state index in [9.17, 15) is 9.18 Å². The standard InChI is InChI=1S/C16H15ClFN3OS/c1-9-4-3-5-14(10(9)2)19-16(23)21-20-15(22)12-7-6-11(18)8-13(12)17/h3-8H,1-2H3,(H,20,22)(H2,19,21,23). The van der Waals surface area contributed by atoms with Gasteiger partial charge in [0, 0.05) is 5.69 Å². The second-order valence-corrected chi connectivity index (χ2v) is 5.72. The van der Waals surface area contributed by atoms with Crippen molar-refractivity contribution in [3.05, 3.63) is 63.9 Å². The molecule has 0 radical (unpaired) electrons. The number of anilines is 1. The lowest BCUT2D eigenvalue weighted by Gasteiger charge is -2.14. The van der Waals surface area contributed by atoms with E-state index in [1.165, 1.54) is 6.07 Å². The molecule has 2 aromatic carbocycles. The molecule has 120 valence electrons. The molecule has 0 aromatic heterocycles. The number of benzene rings is 2. The van der Waals surface area contributed by atoms with Gasteiger partial charge < -0.3 is 5.32 Å². The number of amides is 1. The Morgan fingerprint density at radius 1 is 1.17 bits per heavy atom. The van der Waals surface area contributed by atoms with Gasteiger partial charge in [0.15, 0.2) is 5.11 Å². The zero-order chi connectivity index (χ0) is 17.0. The Balaban J connectivity index is 1.96. The van der Waals surface area contributed by atoms with Crippen molar-refractivity contribution in [1.29, 1.82) is 0 Å². The van der Waals surface area contributed by atoms with E-state index >= 15 is 0 Å². The fourth-order valence-electron chi connectivity index (χ4n) is 1.89. The van der Waals surface area contributed by atoms with Gasteiger partial charge in [-0.2, -0.15) is 0 Å². The monoisotopic (exact) mass is 351 g/mol. The average molecular weight is 352 g/mol. The van der Waals surface area contributed by atoms with Gasteiger partial charge in [-0.3, -0.25) is 15.6 Å². The van der Waals surface area contributed by atoms with Crippen LogP contribution in [0.25, 0.3) is 0 Å². The summed E-state index contributed by atoms with van der Waals surface area (Å²) in [6.07, 6.45) is 0. The number of hydrogen-bond donors (Lipinski definition) is 3. The summed E-state index contributed by atoms with van der Waals surface area (Å²) in [5.74, 6) is -1.02. The highest BCUT2D eigenvalue weighted by Gasteiger charge is 2.11. The average Bonchev–Trinajstić information content (AvgIpc) is 2.49. The third-order valence-electron chi connectivity index (χ3n) is 3.32. The van der Waals surface area contributed by atoms with E-state index < -0.39 is 11.7 Å². The van der Waals surface area contributed by atoms with Crippen LogP contribution >= 0.6 is 23.8 Å². The molecule has 0 aliphatic rings. The first-order valence-corrected chi connectivity index (χ1v) is 7.55. The van der Waals surface area contributed by atoms with Gasteiger partial charge in [-0.15, -0.1) is 0 Å². The number of carbonyl (C=O) groups is 1. The number of aryl methyl sites for hydroxylation is 1. The van der Waals surface area contributed by atoms with E-state index in [0.29, 0.717) is 0 Å². The Hall–Kier alpha value is -2.18. The molecule has 3 N–H and O–H groups in total. The maximum absolute atomic E-state index is 13.0. The van der Waals surface area contributed by atoms with Crippen LogP contribution < -0.4 is 16.2 Å². The van der Waals surface area contributed by atoms with Crippen molar-refractivity contribution in [3.8, 4) is 0 Å². The van der Waals surface area contributed by atoms with E-state index in [0.717, 1.165) is 28.9 Å². The topological polar surface area (TPSA) is 53.2 Å². The summed E-state index contributed by atoms with van der Waals surface area (Å²) in [6, 6.07) is 9.32. The van der Waals surface area contributed by atoms with Gasteiger partial charge in [0.25, 0.3) is 5.91 Å². The van der Waals surface area contributed by atoms with Crippen molar-refractivity contribution >= 4 is 40.5 Å². The van der Waals surface area contributed by atoms with Crippen LogP contribution in [-0.2, 0) is 0 Å². The van der Waals surface area contributed by atoms with Crippen LogP contribution in [0.15, 0.2) is 36.4 Å². The normalized spacial score (nSPS) is 10.1. The largest absolute Gasteiger partial charge is 0.331 e. The van der Waals surface area contributed by atoms with Crippen molar-refractivity contribution in [2.45, 2.75) is 13.8 Å². The van der Waals surface area contributed by atoms with Gasteiger partial charge >= 0.3 is 0 Å². The molecular weight excluding hydrogens is 337 g/mol. The van der Waals surface area contributed by atoms with Crippen LogP contribution in [0.4, 0.5) is 10.1 Å². The Labute approximate surface area is 144 Å². The molecule has 0 unspecified atom stereocenters. The molecule has 0 heterocycles. The number of thiocarbonyl (C=S) groups is 1. The molecule has 0 saturated heterocycles. The van der Waals surface area contributed by atoms with Crippen molar-refractivity contribution in [1.82, 2.24) is 10.9 Å². The Morgan fingerprint density at radius 3 is 2.61 bits per heavy atom. The van der Waals surface area contributed by atoms with Crippen LogP contribution in [0, 0.1) is 19.7 Å². The fourth-order valence-corrected chi connectivity index (χ4v) is 2.31. The molecule has 0 fully saturated rings. The van der Waals surface area contributed by atoms with E-state index in [1.54, 1.807) is 0 Å². The van der Waals surface area contributed by atoms with Gasteiger partial charge in [-0.1, -0.05) is 23.7 Å². The van der Waals surface area contributed by atoms with Crippen molar-refractivity contribution < 1.29 is 9.18 Å². The number of carbonyl (C=O) groups excluding carboxylic acids is 1. The number of nitrogens with one attached hydrogen (secondary N) is 3. The molecule has 0 atom stereocenters. The van der Waals surface area contributed by atoms with Crippen LogP contribution in [0.1, 0.15) is 21.5 Å². The maximum atomic E-state index is 13.0. The molecule has 0 aliphatic heterocycles. The number of rotatable bonds is 2. The summed E-state index contributed by atoms with van der Waals surface area (Å²) in [5, 5.41) is 3.25. The van der Waals surface area contributed by atoms with E-state index in [-0.39, 0.29) is 15.7 Å². The predicted molar refractivity (Wildman–Crippen MR) is 94.1 cm³/mol. The molecule has 2 rings (SSSR count). The minimum atomic E-state index is -0.514. The fraction of sp³-hybridized carbons (Fsp3) is 0.125. The highest BCUT2D eigenvalue weighted by molar-refractivity contribution is 7.80. The minimum absolute atomic E-state index is 0.0257. The highest BCUT2D eigenvalue weighted by Crippen LogP contribution is 2.18. The third-order valence-corrected chi connectivity index (χ3v) is 3.83. The summed E-state index contributed by atoms with van der Waals surface area (Å²) in [5.41, 5.74) is 8.18. The molecule has 4 nitrogen and oxygen atoms in total. The highest BCUT2D eigenvalue weighted by atomic mass is 35.5. The van der Waals surface area contributed by atoms with Crippen LogP contribution in [0.2, 0.25) is 5.02 Å². The first-order chi connectivity index (χ1) is 10.9. The zero-order valence-corrected chi connectivity index (χ0v) is 14.1. The Bertz CT molecular complexity index is 767. The van der Waals surface area contributed by atoms with E-state index in [4.69, 9.17) is 23.8 Å². The molecular formula is C16H15ClFN3OS. The molecule has 0 saturated carbocycles. The lowest BCUT2D eigenvalue weighted by molar-refractivity contribution is 0.0944. The molecule has 23 heavy (non-hydrogen) atoms. The van der Waals surface area contributed by atoms with E-state index in [2.05, 4.69) is 16.2 Å². The van der Waals surface area contributed by atoms with Crippen LogP contribution in [0.5, 0.6) is 0 Å². The number of hydrazine groups is 1. The lowest BCUT2D eigenvalue weighted by Crippen LogP contribution is -2.43. The summed E-state index contributed by atoms with van der Waals surface area (Å²) in [4.78, 5) is 12.0.